The number of aliphatic hydroxyl groups excluding tert-OH is 1. The molecule has 2 heteroatoms. The smallest absolute Gasteiger partial charge is 0.0684 e. The summed E-state index contributed by atoms with van der Waals surface area (Å²) in [6, 6.07) is 10.1. The van der Waals surface area contributed by atoms with Crippen LogP contribution in [0.4, 0.5) is 0 Å². The van der Waals surface area contributed by atoms with Gasteiger partial charge in [-0.05, 0) is 39.9 Å². The van der Waals surface area contributed by atoms with E-state index in [1.54, 1.807) is 11.3 Å². The van der Waals surface area contributed by atoms with Crippen molar-refractivity contribution in [1.82, 2.24) is 0 Å². The molecule has 2 rings (SSSR count). The molecule has 0 aliphatic rings. The Balaban J connectivity index is 2.24. The highest BCUT2D eigenvalue weighted by Crippen LogP contribution is 2.16. The van der Waals surface area contributed by atoms with Crippen LogP contribution in [0.3, 0.4) is 0 Å². The van der Waals surface area contributed by atoms with Gasteiger partial charge in [0, 0.05) is 0 Å². The Hall–Kier alpha value is -1.12. The Labute approximate surface area is 87.7 Å². The summed E-state index contributed by atoms with van der Waals surface area (Å²) >= 11 is 1.71. The predicted molar refractivity (Wildman–Crippen MR) is 59.5 cm³/mol. The van der Waals surface area contributed by atoms with Crippen molar-refractivity contribution < 1.29 is 5.11 Å². The van der Waals surface area contributed by atoms with Crippen LogP contribution in [0.5, 0.6) is 0 Å². The Kier molecular flexibility index (Phi) is 2.96. The van der Waals surface area contributed by atoms with Crippen molar-refractivity contribution >= 4 is 11.3 Å². The molecule has 72 valence electrons. The van der Waals surface area contributed by atoms with Crippen LogP contribution in [-0.4, -0.2) is 5.11 Å². The van der Waals surface area contributed by atoms with Crippen molar-refractivity contribution in [3.8, 4) is 0 Å². The highest BCUT2D eigenvalue weighted by atomic mass is 32.1. The summed E-state index contributed by atoms with van der Waals surface area (Å²) in [5.74, 6) is 0. The third kappa shape index (κ3) is 2.03. The zero-order valence-electron chi connectivity index (χ0n) is 7.81. The molecule has 1 N–H and O–H groups in total. The van der Waals surface area contributed by atoms with Gasteiger partial charge in [-0.3, -0.25) is 0 Å². The maximum absolute atomic E-state index is 9.15. The van der Waals surface area contributed by atoms with Gasteiger partial charge in [0.25, 0.3) is 0 Å². The van der Waals surface area contributed by atoms with Gasteiger partial charge in [-0.25, -0.2) is 0 Å². The Bertz CT molecular complexity index is 392. The van der Waals surface area contributed by atoms with Gasteiger partial charge in [0.1, 0.15) is 0 Å². The third-order valence-corrected chi connectivity index (χ3v) is 3.00. The van der Waals surface area contributed by atoms with Crippen LogP contribution in [0.15, 0.2) is 41.1 Å². The lowest BCUT2D eigenvalue weighted by Gasteiger charge is -2.05. The van der Waals surface area contributed by atoms with E-state index in [0.717, 1.165) is 12.0 Å². The second-order valence-corrected chi connectivity index (χ2v) is 4.02. The average Bonchev–Trinajstić information content (AvgIpc) is 2.71. The standard InChI is InChI=1S/C12H12OS/c13-8-12-4-2-1-3-11(12)7-10-5-6-14-9-10/h1-6,9,13H,7-8H2. The number of hydrogen-bond donors (Lipinski definition) is 1. The summed E-state index contributed by atoms with van der Waals surface area (Å²) in [5, 5.41) is 13.4. The molecule has 0 bridgehead atoms. The van der Waals surface area contributed by atoms with E-state index in [1.807, 2.05) is 18.2 Å². The highest BCUT2D eigenvalue weighted by Gasteiger charge is 2.01. The van der Waals surface area contributed by atoms with Crippen molar-refractivity contribution in [3.05, 3.63) is 57.8 Å². The second kappa shape index (κ2) is 4.40. The fourth-order valence-electron chi connectivity index (χ4n) is 1.50. The molecule has 0 saturated carbocycles. The molecule has 1 aromatic carbocycles. The first-order chi connectivity index (χ1) is 6.90. The van der Waals surface area contributed by atoms with Crippen LogP contribution in [0.25, 0.3) is 0 Å². The van der Waals surface area contributed by atoms with Gasteiger partial charge in [0.05, 0.1) is 6.61 Å². The maximum atomic E-state index is 9.15. The molecule has 0 saturated heterocycles. The van der Waals surface area contributed by atoms with E-state index in [1.165, 1.54) is 11.1 Å². The first kappa shape index (κ1) is 9.44. The van der Waals surface area contributed by atoms with Gasteiger partial charge in [0.15, 0.2) is 0 Å². The maximum Gasteiger partial charge on any atom is 0.0684 e. The number of hydrogen-bond acceptors (Lipinski definition) is 2. The van der Waals surface area contributed by atoms with Crippen molar-refractivity contribution in [3.63, 3.8) is 0 Å². The minimum absolute atomic E-state index is 0.125. The van der Waals surface area contributed by atoms with Gasteiger partial charge >= 0.3 is 0 Å². The lowest BCUT2D eigenvalue weighted by molar-refractivity contribution is 0.281. The molecule has 14 heavy (non-hydrogen) atoms. The van der Waals surface area contributed by atoms with Crippen LogP contribution < -0.4 is 0 Å². The quantitative estimate of drug-likeness (QED) is 0.815. The Morgan fingerprint density at radius 3 is 2.50 bits per heavy atom. The first-order valence-electron chi connectivity index (χ1n) is 4.59. The van der Waals surface area contributed by atoms with Gasteiger partial charge in [-0.2, -0.15) is 11.3 Å². The summed E-state index contributed by atoms with van der Waals surface area (Å²) in [6.07, 6.45) is 0.917. The fourth-order valence-corrected chi connectivity index (χ4v) is 2.17. The van der Waals surface area contributed by atoms with E-state index >= 15 is 0 Å². The van der Waals surface area contributed by atoms with Crippen molar-refractivity contribution in [1.29, 1.82) is 0 Å². The molecule has 0 amide bonds. The molecule has 1 aromatic heterocycles. The number of rotatable bonds is 3. The Morgan fingerprint density at radius 1 is 1.07 bits per heavy atom. The number of benzene rings is 1. The molecule has 0 atom stereocenters. The largest absolute Gasteiger partial charge is 0.392 e. The monoisotopic (exact) mass is 204 g/mol. The van der Waals surface area contributed by atoms with E-state index in [4.69, 9.17) is 5.11 Å². The second-order valence-electron chi connectivity index (χ2n) is 3.24. The zero-order valence-corrected chi connectivity index (χ0v) is 8.63. The van der Waals surface area contributed by atoms with Gasteiger partial charge in [-0.1, -0.05) is 24.3 Å². The van der Waals surface area contributed by atoms with Crippen LogP contribution in [0, 0.1) is 0 Å². The van der Waals surface area contributed by atoms with E-state index < -0.39 is 0 Å². The molecule has 0 fully saturated rings. The molecule has 0 unspecified atom stereocenters. The van der Waals surface area contributed by atoms with Gasteiger partial charge < -0.3 is 5.11 Å². The van der Waals surface area contributed by atoms with Crippen LogP contribution in [0.1, 0.15) is 16.7 Å². The van der Waals surface area contributed by atoms with Gasteiger partial charge in [-0.15, -0.1) is 0 Å². The third-order valence-electron chi connectivity index (χ3n) is 2.26. The first-order valence-corrected chi connectivity index (χ1v) is 5.53. The lowest BCUT2D eigenvalue weighted by Crippen LogP contribution is -1.93. The molecular weight excluding hydrogens is 192 g/mol. The molecule has 1 nitrogen and oxygen atoms in total. The molecule has 2 aromatic rings. The highest BCUT2D eigenvalue weighted by molar-refractivity contribution is 7.07. The molecule has 0 aliphatic heterocycles. The lowest BCUT2D eigenvalue weighted by atomic mass is 10.0. The molecular formula is C12H12OS. The van der Waals surface area contributed by atoms with Crippen molar-refractivity contribution in [2.45, 2.75) is 13.0 Å². The molecule has 0 radical (unpaired) electrons. The van der Waals surface area contributed by atoms with Crippen LogP contribution in [0.2, 0.25) is 0 Å². The summed E-state index contributed by atoms with van der Waals surface area (Å²) < 4.78 is 0. The van der Waals surface area contributed by atoms with Gasteiger partial charge in [0.2, 0.25) is 0 Å². The normalized spacial score (nSPS) is 10.4. The number of thiophene rings is 1. The van der Waals surface area contributed by atoms with E-state index in [9.17, 15) is 0 Å². The van der Waals surface area contributed by atoms with E-state index in [-0.39, 0.29) is 6.61 Å². The van der Waals surface area contributed by atoms with Crippen molar-refractivity contribution in [2.75, 3.05) is 0 Å². The summed E-state index contributed by atoms with van der Waals surface area (Å²) in [7, 11) is 0. The Morgan fingerprint density at radius 2 is 1.86 bits per heavy atom. The fraction of sp³-hybridized carbons (Fsp3) is 0.167. The van der Waals surface area contributed by atoms with Crippen molar-refractivity contribution in [2.24, 2.45) is 0 Å². The molecule has 0 spiro atoms. The number of aliphatic hydroxyl groups is 1. The van der Waals surface area contributed by atoms with Crippen LogP contribution >= 0.6 is 11.3 Å². The molecule has 0 aliphatic carbocycles. The zero-order chi connectivity index (χ0) is 9.80. The topological polar surface area (TPSA) is 20.2 Å². The summed E-state index contributed by atoms with van der Waals surface area (Å²) in [6.45, 7) is 0.125. The van der Waals surface area contributed by atoms with E-state index in [2.05, 4.69) is 22.9 Å². The average molecular weight is 204 g/mol. The van der Waals surface area contributed by atoms with Crippen LogP contribution in [-0.2, 0) is 13.0 Å². The summed E-state index contributed by atoms with van der Waals surface area (Å²) in [5.41, 5.74) is 3.56. The summed E-state index contributed by atoms with van der Waals surface area (Å²) in [4.78, 5) is 0. The SMILES string of the molecule is OCc1ccccc1Cc1ccsc1. The predicted octanol–water partition coefficient (Wildman–Crippen LogP) is 2.83. The minimum atomic E-state index is 0.125. The minimum Gasteiger partial charge on any atom is -0.392 e. The van der Waals surface area contributed by atoms with E-state index in [0.29, 0.717) is 0 Å². The molecule has 1 heterocycles.